The molecule has 0 aliphatic carbocycles. The number of imidazole rings is 1. The van der Waals surface area contributed by atoms with Crippen LogP contribution in [0.3, 0.4) is 0 Å². The number of hydrogen-bond acceptors (Lipinski definition) is 3. The number of hydrogen-bond donors (Lipinski definition) is 2. The van der Waals surface area contributed by atoms with Gasteiger partial charge in [-0.2, -0.15) is 0 Å². The van der Waals surface area contributed by atoms with Crippen LogP contribution >= 0.6 is 0 Å². The lowest BCUT2D eigenvalue weighted by molar-refractivity contribution is 0.925. The summed E-state index contributed by atoms with van der Waals surface area (Å²) in [6, 6.07) is 0. The van der Waals surface area contributed by atoms with E-state index in [1.54, 1.807) is 7.05 Å². The van der Waals surface area contributed by atoms with Gasteiger partial charge in [0.25, 0.3) is 5.56 Å². The number of rotatable bonds is 0. The first-order chi connectivity index (χ1) is 5.68. The Hall–Kier alpha value is -1.85. The summed E-state index contributed by atoms with van der Waals surface area (Å²) in [5.74, 6) is 0. The predicted octanol–water partition coefficient (Wildman–Crippen LogP) is -1.25. The molecule has 0 spiro atoms. The third-order valence-corrected chi connectivity index (χ3v) is 1.55. The molecule has 0 aliphatic rings. The summed E-state index contributed by atoms with van der Waals surface area (Å²) < 4.78 is 1.42. The summed E-state index contributed by atoms with van der Waals surface area (Å²) in [6.07, 6.45) is 2.52. The van der Waals surface area contributed by atoms with Gasteiger partial charge < -0.3 is 4.57 Å². The van der Waals surface area contributed by atoms with E-state index in [9.17, 15) is 9.59 Å². The molecule has 2 aromatic heterocycles. The average Bonchev–Trinajstić information content (AvgIpc) is 2.31. The van der Waals surface area contributed by atoms with Gasteiger partial charge in [0.2, 0.25) is 0 Å². The summed E-state index contributed by atoms with van der Waals surface area (Å²) in [4.78, 5) is 30.0. The van der Waals surface area contributed by atoms with Gasteiger partial charge >= 0.3 is 5.69 Å². The van der Waals surface area contributed by atoms with Crippen molar-refractivity contribution >= 4 is 11.2 Å². The smallest absolute Gasteiger partial charge is 0.319 e. The highest BCUT2D eigenvalue weighted by molar-refractivity contribution is 5.68. The van der Waals surface area contributed by atoms with Crippen LogP contribution in [0.15, 0.2) is 9.59 Å². The van der Waals surface area contributed by atoms with Crippen LogP contribution in [0.25, 0.3) is 11.2 Å². The Bertz CT molecular complexity index is 532. The second-order valence-corrected chi connectivity index (χ2v) is 2.38. The third-order valence-electron chi connectivity index (χ3n) is 1.55. The molecule has 2 aromatic rings. The van der Waals surface area contributed by atoms with Crippen molar-refractivity contribution in [1.29, 1.82) is 0 Å². The Balaban J connectivity index is 3.13. The number of fused-ring (bicyclic) bond motifs is 1. The maximum atomic E-state index is 11.1. The molecule has 0 atom stereocenters. The van der Waals surface area contributed by atoms with Crippen molar-refractivity contribution in [3.63, 3.8) is 0 Å². The van der Waals surface area contributed by atoms with Crippen molar-refractivity contribution in [3.05, 3.63) is 27.2 Å². The Kier molecular flexibility index (Phi) is 1.18. The van der Waals surface area contributed by atoms with Crippen molar-refractivity contribution in [2.45, 2.75) is 0 Å². The molecular weight excluding hydrogens is 160 g/mol. The van der Waals surface area contributed by atoms with Crippen LogP contribution in [-0.2, 0) is 7.05 Å². The summed E-state index contributed by atoms with van der Waals surface area (Å²) in [5, 5.41) is 0. The number of nitrogens with one attached hydrogen (secondary N) is 2. The number of aromatic nitrogens is 4. The van der Waals surface area contributed by atoms with Crippen LogP contribution in [0.4, 0.5) is 0 Å². The van der Waals surface area contributed by atoms with E-state index in [1.807, 2.05) is 0 Å². The normalized spacial score (nSPS) is 10.8. The van der Waals surface area contributed by atoms with E-state index in [0.29, 0.717) is 5.52 Å². The molecule has 0 aliphatic heterocycles. The van der Waals surface area contributed by atoms with Crippen molar-refractivity contribution < 1.29 is 0 Å². The molecule has 6 nitrogen and oxygen atoms in total. The second kappa shape index (κ2) is 2.07. The molecule has 2 heterocycles. The number of aryl methyl sites for hydroxylation is 1. The van der Waals surface area contributed by atoms with Gasteiger partial charge in [0, 0.05) is 7.05 Å². The van der Waals surface area contributed by atoms with Gasteiger partial charge in [-0.25, -0.2) is 9.78 Å². The predicted molar refractivity (Wildman–Crippen MR) is 40.8 cm³/mol. The maximum absolute atomic E-state index is 11.1. The van der Waals surface area contributed by atoms with Crippen molar-refractivity contribution in [3.8, 4) is 0 Å². The fraction of sp³-hybridized carbons (Fsp3) is 0.167. The maximum Gasteiger partial charge on any atom is 0.327 e. The van der Waals surface area contributed by atoms with Crippen LogP contribution in [-0.4, -0.2) is 19.5 Å². The van der Waals surface area contributed by atoms with Crippen molar-refractivity contribution in [1.82, 2.24) is 19.5 Å². The fourth-order valence-electron chi connectivity index (χ4n) is 1.03. The molecule has 0 unspecified atom stereocenters. The highest BCUT2D eigenvalue weighted by Gasteiger charge is 2.04. The first kappa shape index (κ1) is 6.84. The summed E-state index contributed by atoms with van der Waals surface area (Å²) in [6.45, 7) is 0. The van der Waals surface area contributed by atoms with Crippen LogP contribution in [0, 0.1) is 6.33 Å². The minimum absolute atomic E-state index is 0.256. The topological polar surface area (TPSA) is 83.5 Å². The zero-order chi connectivity index (χ0) is 8.72. The highest BCUT2D eigenvalue weighted by atomic mass is 16.2. The van der Waals surface area contributed by atoms with E-state index in [-0.39, 0.29) is 5.65 Å². The number of nitrogens with zero attached hydrogens (tertiary/aromatic N) is 2. The highest BCUT2D eigenvalue weighted by Crippen LogP contribution is 1.97. The van der Waals surface area contributed by atoms with Gasteiger partial charge in [-0.15, -0.1) is 0 Å². The zero-order valence-corrected chi connectivity index (χ0v) is 6.21. The van der Waals surface area contributed by atoms with E-state index in [2.05, 4.69) is 21.3 Å². The van der Waals surface area contributed by atoms with E-state index >= 15 is 0 Å². The molecule has 2 rings (SSSR count). The molecule has 0 amide bonds. The molecule has 61 valence electrons. The molecule has 0 fully saturated rings. The minimum Gasteiger partial charge on any atom is -0.319 e. The third kappa shape index (κ3) is 0.777. The lowest BCUT2D eigenvalue weighted by Gasteiger charge is -1.89. The Morgan fingerprint density at radius 1 is 1.42 bits per heavy atom. The molecule has 0 saturated carbocycles. The van der Waals surface area contributed by atoms with Crippen molar-refractivity contribution in [2.24, 2.45) is 7.05 Å². The summed E-state index contributed by atoms with van der Waals surface area (Å²) in [7, 11) is 1.63. The Labute approximate surface area is 65.9 Å². The number of aromatic amines is 2. The number of H-pyrrole nitrogens is 2. The molecule has 1 radical (unpaired) electrons. The van der Waals surface area contributed by atoms with E-state index in [4.69, 9.17) is 0 Å². The van der Waals surface area contributed by atoms with Crippen LogP contribution < -0.4 is 11.2 Å². The van der Waals surface area contributed by atoms with Crippen LogP contribution in [0.1, 0.15) is 0 Å². The molecule has 12 heavy (non-hydrogen) atoms. The lowest BCUT2D eigenvalue weighted by atomic mass is 10.5. The summed E-state index contributed by atoms with van der Waals surface area (Å²) >= 11 is 0. The second-order valence-electron chi connectivity index (χ2n) is 2.38. The van der Waals surface area contributed by atoms with Gasteiger partial charge in [-0.1, -0.05) is 0 Å². The van der Waals surface area contributed by atoms with Gasteiger partial charge in [0.15, 0.2) is 17.5 Å². The monoisotopic (exact) mass is 165 g/mol. The first-order valence-corrected chi connectivity index (χ1v) is 3.25. The van der Waals surface area contributed by atoms with Crippen LogP contribution in [0.5, 0.6) is 0 Å². The van der Waals surface area contributed by atoms with Gasteiger partial charge in [-0.3, -0.25) is 14.8 Å². The standard InChI is InChI=1S/C6H5N4O2/c1-10-2-7-4-3(10)5(11)9-6(12)8-4/h1H3,(H2,8,9,11,12). The van der Waals surface area contributed by atoms with Gasteiger partial charge in [-0.05, 0) is 0 Å². The van der Waals surface area contributed by atoms with Gasteiger partial charge in [0.1, 0.15) is 0 Å². The van der Waals surface area contributed by atoms with Crippen LogP contribution in [0.2, 0.25) is 0 Å². The minimum atomic E-state index is -0.556. The molecular formula is C6H5N4O2. The van der Waals surface area contributed by atoms with Gasteiger partial charge in [0.05, 0.1) is 0 Å². The van der Waals surface area contributed by atoms with E-state index in [0.717, 1.165) is 0 Å². The van der Waals surface area contributed by atoms with Crippen molar-refractivity contribution in [2.75, 3.05) is 0 Å². The molecule has 6 heteroatoms. The summed E-state index contributed by atoms with van der Waals surface area (Å²) in [5.41, 5.74) is -0.439. The van der Waals surface area contributed by atoms with E-state index < -0.39 is 11.2 Å². The fourth-order valence-corrected chi connectivity index (χ4v) is 1.03. The largest absolute Gasteiger partial charge is 0.327 e. The SMILES string of the molecule is Cn1[c]nc2[nH]c(=O)[nH]c(=O)c21. The Morgan fingerprint density at radius 3 is 2.92 bits per heavy atom. The molecule has 0 bridgehead atoms. The lowest BCUT2D eigenvalue weighted by Crippen LogP contribution is -2.22. The molecule has 0 aromatic carbocycles. The zero-order valence-electron chi connectivity index (χ0n) is 6.21. The quantitative estimate of drug-likeness (QED) is 0.511. The Morgan fingerprint density at radius 2 is 2.17 bits per heavy atom. The first-order valence-electron chi connectivity index (χ1n) is 3.25. The molecule has 0 saturated heterocycles. The average molecular weight is 165 g/mol. The van der Waals surface area contributed by atoms with E-state index in [1.165, 1.54) is 4.57 Å². The molecule has 2 N–H and O–H groups in total.